The van der Waals surface area contributed by atoms with E-state index in [1.165, 1.54) is 0 Å². The quantitative estimate of drug-likeness (QED) is 0.939. The van der Waals surface area contributed by atoms with Crippen LogP contribution in [0.1, 0.15) is 18.5 Å². The number of aliphatic hydroxyl groups excluding tert-OH is 1. The van der Waals surface area contributed by atoms with Gasteiger partial charge in [0.15, 0.2) is 5.76 Å². The summed E-state index contributed by atoms with van der Waals surface area (Å²) < 4.78 is 5.32. The minimum Gasteiger partial charge on any atom is -0.396 e. The molecular weight excluding hydrogens is 280 g/mol. The van der Waals surface area contributed by atoms with Crippen molar-refractivity contribution in [1.29, 1.82) is 0 Å². The van der Waals surface area contributed by atoms with Crippen LogP contribution < -0.4 is 0 Å². The van der Waals surface area contributed by atoms with Gasteiger partial charge in [-0.25, -0.2) is 0 Å². The van der Waals surface area contributed by atoms with E-state index >= 15 is 0 Å². The van der Waals surface area contributed by atoms with Crippen LogP contribution in [0.5, 0.6) is 0 Å². The number of nitrogens with zero attached hydrogens (tertiary/aromatic N) is 2. The van der Waals surface area contributed by atoms with Crippen molar-refractivity contribution in [1.82, 2.24) is 10.1 Å². The molecule has 0 saturated carbocycles. The fourth-order valence-electron chi connectivity index (χ4n) is 2.77. The van der Waals surface area contributed by atoms with E-state index in [0.29, 0.717) is 30.5 Å². The summed E-state index contributed by atoms with van der Waals surface area (Å²) in [6.45, 7) is 1.65. The predicted molar refractivity (Wildman–Crippen MR) is 82.0 cm³/mol. The SMILES string of the molecule is O=C(Cc1cc(-c2ccccc2)on1)N1CCC(CO)CC1. The maximum Gasteiger partial charge on any atom is 0.228 e. The van der Waals surface area contributed by atoms with Crippen LogP contribution in [0.3, 0.4) is 0 Å². The van der Waals surface area contributed by atoms with Crippen LogP contribution in [0.25, 0.3) is 11.3 Å². The highest BCUT2D eigenvalue weighted by molar-refractivity contribution is 5.78. The van der Waals surface area contributed by atoms with Gasteiger partial charge in [-0.3, -0.25) is 4.79 Å². The summed E-state index contributed by atoms with van der Waals surface area (Å²) in [5.41, 5.74) is 1.62. The third-order valence-corrected chi connectivity index (χ3v) is 4.18. The Bertz CT molecular complexity index is 616. The smallest absolute Gasteiger partial charge is 0.228 e. The summed E-state index contributed by atoms with van der Waals surface area (Å²) in [7, 11) is 0. The van der Waals surface area contributed by atoms with Crippen molar-refractivity contribution >= 4 is 5.91 Å². The Morgan fingerprint density at radius 3 is 2.68 bits per heavy atom. The van der Waals surface area contributed by atoms with Crippen LogP contribution in [-0.2, 0) is 11.2 Å². The minimum absolute atomic E-state index is 0.0734. The molecule has 0 atom stereocenters. The van der Waals surface area contributed by atoms with E-state index in [2.05, 4.69) is 5.16 Å². The van der Waals surface area contributed by atoms with Gasteiger partial charge in [-0.15, -0.1) is 0 Å². The molecule has 0 unspecified atom stereocenters. The molecule has 0 aliphatic carbocycles. The largest absolute Gasteiger partial charge is 0.396 e. The van der Waals surface area contributed by atoms with E-state index in [4.69, 9.17) is 9.63 Å². The second-order valence-electron chi connectivity index (χ2n) is 5.73. The molecule has 1 aromatic heterocycles. The second kappa shape index (κ2) is 6.75. The van der Waals surface area contributed by atoms with Crippen LogP contribution in [0, 0.1) is 5.92 Å². The highest BCUT2D eigenvalue weighted by Gasteiger charge is 2.23. The number of hydrogen-bond acceptors (Lipinski definition) is 4. The van der Waals surface area contributed by atoms with Gasteiger partial charge >= 0.3 is 0 Å². The van der Waals surface area contributed by atoms with Crippen molar-refractivity contribution < 1.29 is 14.4 Å². The molecule has 2 heterocycles. The first-order chi connectivity index (χ1) is 10.8. The van der Waals surface area contributed by atoms with Gasteiger partial charge < -0.3 is 14.5 Å². The Morgan fingerprint density at radius 2 is 2.00 bits per heavy atom. The molecule has 1 N–H and O–H groups in total. The third kappa shape index (κ3) is 3.36. The van der Waals surface area contributed by atoms with E-state index in [1.807, 2.05) is 41.3 Å². The first kappa shape index (κ1) is 14.8. The van der Waals surface area contributed by atoms with E-state index in [-0.39, 0.29) is 18.9 Å². The van der Waals surface area contributed by atoms with Gasteiger partial charge in [0.25, 0.3) is 0 Å². The lowest BCUT2D eigenvalue weighted by Gasteiger charge is -2.30. The molecule has 1 saturated heterocycles. The van der Waals surface area contributed by atoms with Crippen molar-refractivity contribution in [2.24, 2.45) is 5.92 Å². The lowest BCUT2D eigenvalue weighted by Crippen LogP contribution is -2.40. The zero-order valence-corrected chi connectivity index (χ0v) is 12.4. The standard InChI is InChI=1S/C17H20N2O3/c20-12-13-6-8-19(9-7-13)17(21)11-15-10-16(22-18-15)14-4-2-1-3-5-14/h1-5,10,13,20H,6-9,11-12H2. The van der Waals surface area contributed by atoms with Crippen molar-refractivity contribution in [2.75, 3.05) is 19.7 Å². The molecule has 2 aromatic rings. The maximum absolute atomic E-state index is 12.3. The number of carbonyl (C=O) groups is 1. The summed E-state index contributed by atoms with van der Waals surface area (Å²) in [5.74, 6) is 1.09. The van der Waals surface area contributed by atoms with Crippen LogP contribution in [0.4, 0.5) is 0 Å². The van der Waals surface area contributed by atoms with Crippen molar-refractivity contribution in [2.45, 2.75) is 19.3 Å². The first-order valence-electron chi connectivity index (χ1n) is 7.66. The van der Waals surface area contributed by atoms with Gasteiger partial charge in [0.1, 0.15) is 0 Å². The third-order valence-electron chi connectivity index (χ3n) is 4.18. The Kier molecular flexibility index (Phi) is 4.53. The Hall–Kier alpha value is -2.14. The molecule has 0 bridgehead atoms. The molecule has 1 fully saturated rings. The number of carbonyl (C=O) groups excluding carboxylic acids is 1. The number of hydrogen-bond donors (Lipinski definition) is 1. The molecule has 116 valence electrons. The summed E-state index contributed by atoms with van der Waals surface area (Å²) in [4.78, 5) is 14.1. The average Bonchev–Trinajstić information content (AvgIpc) is 3.04. The molecule has 1 amide bonds. The Morgan fingerprint density at radius 1 is 1.27 bits per heavy atom. The fourth-order valence-corrected chi connectivity index (χ4v) is 2.77. The summed E-state index contributed by atoms with van der Waals surface area (Å²) in [6, 6.07) is 11.5. The van der Waals surface area contributed by atoms with Crippen molar-refractivity contribution in [3.05, 3.63) is 42.1 Å². The predicted octanol–water partition coefficient (Wildman–Crippen LogP) is 2.12. The second-order valence-corrected chi connectivity index (χ2v) is 5.73. The zero-order valence-electron chi connectivity index (χ0n) is 12.4. The van der Waals surface area contributed by atoms with Crippen LogP contribution in [0.15, 0.2) is 40.9 Å². The minimum atomic E-state index is 0.0734. The summed E-state index contributed by atoms with van der Waals surface area (Å²) in [6.07, 6.45) is 2.01. The summed E-state index contributed by atoms with van der Waals surface area (Å²) >= 11 is 0. The monoisotopic (exact) mass is 300 g/mol. The fraction of sp³-hybridized carbons (Fsp3) is 0.412. The van der Waals surface area contributed by atoms with Gasteiger partial charge in [0.2, 0.25) is 5.91 Å². The Balaban J connectivity index is 1.60. The van der Waals surface area contributed by atoms with Crippen molar-refractivity contribution in [3.63, 3.8) is 0 Å². The van der Waals surface area contributed by atoms with E-state index in [0.717, 1.165) is 18.4 Å². The molecule has 1 aliphatic heterocycles. The Labute approximate surface area is 129 Å². The number of aliphatic hydroxyl groups is 1. The molecule has 22 heavy (non-hydrogen) atoms. The molecule has 1 aromatic carbocycles. The molecule has 3 rings (SSSR count). The zero-order chi connectivity index (χ0) is 15.4. The maximum atomic E-state index is 12.3. The van der Waals surface area contributed by atoms with E-state index in [1.54, 1.807) is 0 Å². The molecule has 5 nitrogen and oxygen atoms in total. The van der Waals surface area contributed by atoms with Gasteiger partial charge in [0, 0.05) is 31.3 Å². The topological polar surface area (TPSA) is 66.6 Å². The summed E-state index contributed by atoms with van der Waals surface area (Å²) in [5, 5.41) is 13.1. The van der Waals surface area contributed by atoms with Gasteiger partial charge in [-0.2, -0.15) is 0 Å². The van der Waals surface area contributed by atoms with E-state index < -0.39 is 0 Å². The average molecular weight is 300 g/mol. The van der Waals surface area contributed by atoms with Crippen molar-refractivity contribution in [3.8, 4) is 11.3 Å². The molecule has 5 heteroatoms. The molecular formula is C17H20N2O3. The molecule has 1 aliphatic rings. The molecule has 0 spiro atoms. The number of benzene rings is 1. The van der Waals surface area contributed by atoms with Gasteiger partial charge in [-0.05, 0) is 18.8 Å². The van der Waals surface area contributed by atoms with Gasteiger partial charge in [0.05, 0.1) is 12.1 Å². The number of aromatic nitrogens is 1. The van der Waals surface area contributed by atoms with E-state index in [9.17, 15) is 4.79 Å². The molecule has 0 radical (unpaired) electrons. The number of likely N-dealkylation sites (tertiary alicyclic amines) is 1. The normalized spacial score (nSPS) is 16.0. The van der Waals surface area contributed by atoms with Crippen LogP contribution >= 0.6 is 0 Å². The van der Waals surface area contributed by atoms with Crippen LogP contribution in [0.2, 0.25) is 0 Å². The highest BCUT2D eigenvalue weighted by atomic mass is 16.5. The lowest BCUT2D eigenvalue weighted by atomic mass is 9.97. The number of rotatable bonds is 4. The first-order valence-corrected chi connectivity index (χ1v) is 7.66. The lowest BCUT2D eigenvalue weighted by molar-refractivity contribution is -0.132. The highest BCUT2D eigenvalue weighted by Crippen LogP contribution is 2.21. The number of piperidine rings is 1. The van der Waals surface area contributed by atoms with Crippen LogP contribution in [-0.4, -0.2) is 40.8 Å². The number of amides is 1. The van der Waals surface area contributed by atoms with Gasteiger partial charge in [-0.1, -0.05) is 35.5 Å².